The number of alkyl halides is 3. The number of aromatic nitrogens is 6. The fraction of sp³-hybridized carbons (Fsp3) is 0.550. The maximum Gasteiger partial charge on any atom is 0.401 e. The highest BCUT2D eigenvalue weighted by Crippen LogP contribution is 2.28. The van der Waals surface area contributed by atoms with Gasteiger partial charge in [0.05, 0.1) is 19.7 Å². The van der Waals surface area contributed by atoms with Crippen LogP contribution in [0.15, 0.2) is 18.6 Å². The zero-order valence-corrected chi connectivity index (χ0v) is 18.8. The van der Waals surface area contributed by atoms with Crippen LogP contribution in [0.3, 0.4) is 0 Å². The predicted octanol–water partition coefficient (Wildman–Crippen LogP) is 1.46. The van der Waals surface area contributed by atoms with Gasteiger partial charge in [-0.25, -0.2) is 15.0 Å². The summed E-state index contributed by atoms with van der Waals surface area (Å²) >= 11 is 0. The Morgan fingerprint density at radius 1 is 1.21 bits per heavy atom. The van der Waals surface area contributed by atoms with E-state index in [4.69, 9.17) is 14.7 Å². The lowest BCUT2D eigenvalue weighted by molar-refractivity contribution is -0.125. The van der Waals surface area contributed by atoms with Crippen molar-refractivity contribution in [3.05, 3.63) is 24.3 Å². The predicted molar refractivity (Wildman–Crippen MR) is 120 cm³/mol. The number of anilines is 3. The molecule has 1 fully saturated rings. The molecule has 3 N–H and O–H groups in total. The Morgan fingerprint density at radius 2 is 2.03 bits per heavy atom. The molecule has 3 aromatic rings. The van der Waals surface area contributed by atoms with Crippen LogP contribution in [-0.4, -0.2) is 81.8 Å². The minimum Gasteiger partial charge on any atom is -0.380 e. The summed E-state index contributed by atoms with van der Waals surface area (Å²) in [4.78, 5) is 19.7. The van der Waals surface area contributed by atoms with Crippen molar-refractivity contribution < 1.29 is 17.9 Å². The molecule has 4 heterocycles. The second-order valence-corrected chi connectivity index (χ2v) is 7.61. The minimum atomic E-state index is -4.33. The lowest BCUT2D eigenvalue weighted by Gasteiger charge is -2.27. The maximum absolute atomic E-state index is 12.7. The van der Waals surface area contributed by atoms with Crippen molar-refractivity contribution in [2.75, 3.05) is 56.2 Å². The number of rotatable bonds is 10. The third-order valence-electron chi connectivity index (χ3n) is 5.14. The molecule has 184 valence electrons. The lowest BCUT2D eigenvalue weighted by atomic mass is 10.3. The van der Waals surface area contributed by atoms with E-state index in [1.807, 2.05) is 11.8 Å². The molecule has 1 aliphatic heterocycles. The van der Waals surface area contributed by atoms with Gasteiger partial charge in [-0.05, 0) is 13.0 Å². The minimum absolute atomic E-state index is 0.0946. The van der Waals surface area contributed by atoms with Gasteiger partial charge in [-0.15, -0.1) is 0 Å². The van der Waals surface area contributed by atoms with Crippen LogP contribution < -0.4 is 20.9 Å². The number of nitrogens with one attached hydrogen (secondary N) is 3. The molecule has 14 heteroatoms. The smallest absolute Gasteiger partial charge is 0.380 e. The van der Waals surface area contributed by atoms with Crippen LogP contribution in [0.4, 0.5) is 30.8 Å². The van der Waals surface area contributed by atoms with Crippen molar-refractivity contribution in [1.29, 1.82) is 0 Å². The molecule has 0 aromatic carbocycles. The quantitative estimate of drug-likeness (QED) is 0.368. The number of ether oxygens (including phenoxy) is 1. The summed E-state index contributed by atoms with van der Waals surface area (Å²) in [5.41, 5.74) is 1.45. The van der Waals surface area contributed by atoms with Crippen molar-refractivity contribution in [2.24, 2.45) is 0 Å². The van der Waals surface area contributed by atoms with Crippen LogP contribution in [0.5, 0.6) is 0 Å². The maximum atomic E-state index is 12.7. The van der Waals surface area contributed by atoms with Gasteiger partial charge in [0, 0.05) is 45.5 Å². The van der Waals surface area contributed by atoms with Crippen molar-refractivity contribution in [1.82, 2.24) is 40.3 Å². The lowest BCUT2D eigenvalue weighted by Crippen LogP contribution is -2.44. The first-order chi connectivity index (χ1) is 16.4. The van der Waals surface area contributed by atoms with E-state index in [2.05, 4.69) is 31.0 Å². The molecular formula is C20H27F3N10O. The number of piperazine rings is 1. The van der Waals surface area contributed by atoms with E-state index >= 15 is 0 Å². The van der Waals surface area contributed by atoms with Crippen LogP contribution in [0.1, 0.15) is 12.6 Å². The van der Waals surface area contributed by atoms with E-state index in [9.17, 15) is 13.2 Å². The molecule has 0 aliphatic carbocycles. The zero-order chi connectivity index (χ0) is 24.0. The molecule has 0 unspecified atom stereocenters. The molecule has 11 nitrogen and oxygen atoms in total. The van der Waals surface area contributed by atoms with Gasteiger partial charge in [0.15, 0.2) is 5.82 Å². The molecule has 4 rings (SSSR count). The van der Waals surface area contributed by atoms with Crippen molar-refractivity contribution in [2.45, 2.75) is 26.2 Å². The first-order valence-electron chi connectivity index (χ1n) is 11.1. The molecule has 3 aromatic heterocycles. The van der Waals surface area contributed by atoms with Gasteiger partial charge >= 0.3 is 6.18 Å². The SMILES string of the molecule is CCOCCn1nc(CNCC(F)(F)F)c2nc(N3CCNCC3)nc(Nc3ccncn3)c21. The Bertz CT molecular complexity index is 1070. The molecule has 34 heavy (non-hydrogen) atoms. The van der Waals surface area contributed by atoms with Crippen LogP contribution in [0.25, 0.3) is 11.0 Å². The van der Waals surface area contributed by atoms with Crippen molar-refractivity contribution >= 4 is 28.6 Å². The Morgan fingerprint density at radius 3 is 2.74 bits per heavy atom. The molecule has 0 atom stereocenters. The van der Waals surface area contributed by atoms with E-state index in [1.165, 1.54) is 6.33 Å². The monoisotopic (exact) mass is 480 g/mol. The number of hydrogen-bond acceptors (Lipinski definition) is 10. The van der Waals surface area contributed by atoms with Gasteiger partial charge in [0.1, 0.15) is 28.9 Å². The Kier molecular flexibility index (Phi) is 7.70. The third-order valence-corrected chi connectivity index (χ3v) is 5.14. The van der Waals surface area contributed by atoms with E-state index in [0.717, 1.165) is 13.1 Å². The average Bonchev–Trinajstić information content (AvgIpc) is 3.17. The molecule has 1 saturated heterocycles. The number of halogens is 3. The molecule has 0 saturated carbocycles. The van der Waals surface area contributed by atoms with Gasteiger partial charge in [-0.1, -0.05) is 0 Å². The van der Waals surface area contributed by atoms with E-state index in [-0.39, 0.29) is 6.54 Å². The second kappa shape index (κ2) is 10.9. The summed E-state index contributed by atoms with van der Waals surface area (Å²) < 4.78 is 45.3. The van der Waals surface area contributed by atoms with Gasteiger partial charge in [-0.3, -0.25) is 4.68 Å². The molecule has 0 spiro atoms. The average molecular weight is 480 g/mol. The molecular weight excluding hydrogens is 453 g/mol. The molecule has 0 radical (unpaired) electrons. The van der Waals surface area contributed by atoms with Crippen LogP contribution in [0.2, 0.25) is 0 Å². The van der Waals surface area contributed by atoms with Crippen LogP contribution >= 0.6 is 0 Å². The number of fused-ring (bicyclic) bond motifs is 1. The molecule has 0 bridgehead atoms. The summed E-state index contributed by atoms with van der Waals surface area (Å²) in [5.74, 6) is 1.46. The van der Waals surface area contributed by atoms with E-state index in [1.54, 1.807) is 16.9 Å². The Balaban J connectivity index is 1.77. The fourth-order valence-corrected chi connectivity index (χ4v) is 3.61. The highest BCUT2D eigenvalue weighted by Gasteiger charge is 2.27. The highest BCUT2D eigenvalue weighted by atomic mass is 19.4. The van der Waals surface area contributed by atoms with E-state index in [0.29, 0.717) is 67.2 Å². The summed E-state index contributed by atoms with van der Waals surface area (Å²) in [5, 5.41) is 13.5. The number of nitrogens with zero attached hydrogens (tertiary/aromatic N) is 7. The second-order valence-electron chi connectivity index (χ2n) is 7.61. The van der Waals surface area contributed by atoms with Crippen molar-refractivity contribution in [3.63, 3.8) is 0 Å². The summed E-state index contributed by atoms with van der Waals surface area (Å²) in [6, 6.07) is 1.70. The molecule has 1 aliphatic rings. The van der Waals surface area contributed by atoms with Gasteiger partial charge in [0.25, 0.3) is 0 Å². The molecule has 0 amide bonds. The Labute approximate surface area is 194 Å². The largest absolute Gasteiger partial charge is 0.401 e. The summed E-state index contributed by atoms with van der Waals surface area (Å²) in [6.07, 6.45) is -1.31. The summed E-state index contributed by atoms with van der Waals surface area (Å²) in [7, 11) is 0. The fourth-order valence-electron chi connectivity index (χ4n) is 3.61. The first-order valence-corrected chi connectivity index (χ1v) is 11.1. The third kappa shape index (κ3) is 6.07. The normalized spacial score (nSPS) is 14.6. The standard InChI is InChI=1S/C20H27F3N10O/c1-2-34-10-9-33-17-16(14(31-33)11-26-12-20(21,22)23)29-19(32-7-5-24-6-8-32)30-18(17)28-15-3-4-25-13-27-15/h3-4,13,24,26H,2,5-12H2,1H3,(H,25,27,28,29,30). The van der Waals surface area contributed by atoms with Gasteiger partial charge in [-0.2, -0.15) is 23.3 Å². The highest BCUT2D eigenvalue weighted by molar-refractivity contribution is 5.90. The van der Waals surface area contributed by atoms with Crippen molar-refractivity contribution in [3.8, 4) is 0 Å². The number of hydrogen-bond donors (Lipinski definition) is 3. The summed E-state index contributed by atoms with van der Waals surface area (Å²) in [6.45, 7) is 4.95. The van der Waals surface area contributed by atoms with Crippen LogP contribution in [-0.2, 0) is 17.8 Å². The van der Waals surface area contributed by atoms with E-state index < -0.39 is 12.7 Å². The first kappa shape index (κ1) is 24.0. The van der Waals surface area contributed by atoms with Gasteiger partial charge in [0.2, 0.25) is 5.95 Å². The topological polar surface area (TPSA) is 118 Å². The van der Waals surface area contributed by atoms with Gasteiger partial charge < -0.3 is 25.6 Å². The zero-order valence-electron chi connectivity index (χ0n) is 18.8. The Hall–Kier alpha value is -3.10. The van der Waals surface area contributed by atoms with Crippen LogP contribution in [0, 0.1) is 0 Å².